The predicted molar refractivity (Wildman–Crippen MR) is 117 cm³/mol. The number of piperazine rings is 1. The molecule has 156 valence electrons. The van der Waals surface area contributed by atoms with Crippen LogP contribution in [0.25, 0.3) is 0 Å². The van der Waals surface area contributed by atoms with Crippen molar-refractivity contribution in [3.63, 3.8) is 0 Å². The van der Waals surface area contributed by atoms with Gasteiger partial charge in [-0.2, -0.15) is 0 Å². The maximum atomic E-state index is 12.4. The molecule has 0 unspecified atom stereocenters. The maximum Gasteiger partial charge on any atom is 0.234 e. The number of methoxy groups -OCH3 is 1. The number of carbonyl (C=O) groups excluding carboxylic acids is 1. The minimum absolute atomic E-state index is 0.133. The van der Waals surface area contributed by atoms with Crippen LogP contribution in [-0.4, -0.2) is 61.6 Å². The quantitative estimate of drug-likeness (QED) is 0.709. The van der Waals surface area contributed by atoms with Crippen molar-refractivity contribution in [2.45, 2.75) is 32.4 Å². The van der Waals surface area contributed by atoms with E-state index in [9.17, 15) is 4.79 Å². The number of hydrogen-bond donors (Lipinski definition) is 1. The lowest BCUT2D eigenvalue weighted by Gasteiger charge is -2.34. The molecule has 1 aliphatic rings. The Morgan fingerprint density at radius 1 is 0.966 bits per heavy atom. The van der Waals surface area contributed by atoms with Crippen molar-refractivity contribution >= 4 is 5.91 Å². The second-order valence-electron chi connectivity index (χ2n) is 7.89. The summed E-state index contributed by atoms with van der Waals surface area (Å²) >= 11 is 0. The van der Waals surface area contributed by atoms with E-state index in [-0.39, 0.29) is 11.9 Å². The summed E-state index contributed by atoms with van der Waals surface area (Å²) < 4.78 is 5.22. The zero-order chi connectivity index (χ0) is 20.5. The number of carbonyl (C=O) groups is 1. The molecule has 5 heteroatoms. The van der Waals surface area contributed by atoms with Gasteiger partial charge < -0.3 is 10.1 Å². The highest BCUT2D eigenvalue weighted by Crippen LogP contribution is 2.14. The number of amides is 1. The summed E-state index contributed by atoms with van der Waals surface area (Å²) in [5.41, 5.74) is 2.62. The topological polar surface area (TPSA) is 44.8 Å². The van der Waals surface area contributed by atoms with Crippen molar-refractivity contribution in [3.05, 3.63) is 65.7 Å². The summed E-state index contributed by atoms with van der Waals surface area (Å²) in [6.45, 7) is 7.37. The Hall–Kier alpha value is -2.37. The molecular formula is C24H33N3O2. The summed E-state index contributed by atoms with van der Waals surface area (Å²) in [6.07, 6.45) is 1.96. The number of nitrogens with one attached hydrogen (secondary N) is 1. The van der Waals surface area contributed by atoms with E-state index in [4.69, 9.17) is 4.74 Å². The molecule has 3 rings (SSSR count). The Morgan fingerprint density at radius 2 is 1.62 bits per heavy atom. The summed E-state index contributed by atoms with van der Waals surface area (Å²) in [4.78, 5) is 17.1. The normalized spacial score (nSPS) is 16.3. The van der Waals surface area contributed by atoms with E-state index >= 15 is 0 Å². The Bertz CT molecular complexity index is 740. The molecule has 1 amide bonds. The third-order valence-corrected chi connectivity index (χ3v) is 5.51. The van der Waals surface area contributed by atoms with Crippen LogP contribution in [0.1, 0.15) is 24.5 Å². The molecule has 5 nitrogen and oxygen atoms in total. The Morgan fingerprint density at radius 3 is 2.28 bits per heavy atom. The zero-order valence-electron chi connectivity index (χ0n) is 17.6. The molecule has 1 atom stereocenters. The van der Waals surface area contributed by atoms with Gasteiger partial charge in [0.05, 0.1) is 13.7 Å². The largest absolute Gasteiger partial charge is 0.497 e. The Kier molecular flexibility index (Phi) is 8.08. The van der Waals surface area contributed by atoms with Crippen LogP contribution in [0.2, 0.25) is 0 Å². The standard InChI is InChI=1S/C24H33N3O2/c1-20(8-9-21-6-4-3-5-7-21)25-24(28)19-27-16-14-26(15-17-27)18-22-10-12-23(29-2)13-11-22/h3-7,10-13,20H,8-9,14-19H2,1-2H3,(H,25,28)/t20-/m1/s1. The zero-order valence-corrected chi connectivity index (χ0v) is 17.6. The van der Waals surface area contributed by atoms with E-state index in [1.807, 2.05) is 18.2 Å². The van der Waals surface area contributed by atoms with Gasteiger partial charge >= 0.3 is 0 Å². The second-order valence-corrected chi connectivity index (χ2v) is 7.89. The predicted octanol–water partition coefficient (Wildman–Crippen LogP) is 2.95. The molecule has 0 aliphatic carbocycles. The molecule has 29 heavy (non-hydrogen) atoms. The first-order chi connectivity index (χ1) is 14.1. The van der Waals surface area contributed by atoms with Gasteiger partial charge in [-0.1, -0.05) is 42.5 Å². The second kappa shape index (κ2) is 11.0. The third kappa shape index (κ3) is 7.18. The molecule has 1 fully saturated rings. The number of nitrogens with zero attached hydrogens (tertiary/aromatic N) is 2. The Balaban J connectivity index is 1.33. The monoisotopic (exact) mass is 395 g/mol. The summed E-state index contributed by atoms with van der Waals surface area (Å²) in [7, 11) is 1.69. The van der Waals surface area contributed by atoms with Gasteiger partial charge in [-0.15, -0.1) is 0 Å². The molecule has 0 aromatic heterocycles. The lowest BCUT2D eigenvalue weighted by atomic mass is 10.1. The van der Waals surface area contributed by atoms with E-state index in [1.54, 1.807) is 7.11 Å². The van der Waals surface area contributed by atoms with Crippen molar-refractivity contribution in [2.75, 3.05) is 39.8 Å². The smallest absolute Gasteiger partial charge is 0.234 e. The summed E-state index contributed by atoms with van der Waals surface area (Å²) in [5.74, 6) is 1.02. The highest BCUT2D eigenvalue weighted by Gasteiger charge is 2.19. The van der Waals surface area contributed by atoms with Crippen LogP contribution >= 0.6 is 0 Å². The van der Waals surface area contributed by atoms with Crippen LogP contribution in [0.4, 0.5) is 0 Å². The number of hydrogen-bond acceptors (Lipinski definition) is 4. The van der Waals surface area contributed by atoms with E-state index < -0.39 is 0 Å². The van der Waals surface area contributed by atoms with Crippen LogP contribution < -0.4 is 10.1 Å². The van der Waals surface area contributed by atoms with E-state index in [0.29, 0.717) is 6.54 Å². The van der Waals surface area contributed by atoms with Crippen LogP contribution in [0.15, 0.2) is 54.6 Å². The van der Waals surface area contributed by atoms with Gasteiger partial charge in [0.15, 0.2) is 0 Å². The fourth-order valence-electron chi connectivity index (χ4n) is 3.72. The Labute approximate surface area is 174 Å². The number of rotatable bonds is 9. The van der Waals surface area contributed by atoms with Crippen LogP contribution in [0, 0.1) is 0 Å². The van der Waals surface area contributed by atoms with E-state index in [2.05, 4.69) is 58.4 Å². The van der Waals surface area contributed by atoms with Crippen molar-refractivity contribution < 1.29 is 9.53 Å². The summed E-state index contributed by atoms with van der Waals surface area (Å²) in [5, 5.41) is 3.15. The molecule has 1 aliphatic heterocycles. The average molecular weight is 396 g/mol. The fraction of sp³-hybridized carbons (Fsp3) is 0.458. The van der Waals surface area contributed by atoms with Gasteiger partial charge in [-0.25, -0.2) is 0 Å². The first kappa shape index (κ1) is 21.3. The molecule has 2 aromatic carbocycles. The van der Waals surface area contributed by atoms with Gasteiger partial charge in [0.1, 0.15) is 5.75 Å². The molecule has 0 spiro atoms. The van der Waals surface area contributed by atoms with Gasteiger partial charge in [0.25, 0.3) is 0 Å². The number of aryl methyl sites for hydroxylation is 1. The fourth-order valence-corrected chi connectivity index (χ4v) is 3.72. The maximum absolute atomic E-state index is 12.4. The number of benzene rings is 2. The molecule has 1 saturated heterocycles. The highest BCUT2D eigenvalue weighted by atomic mass is 16.5. The summed E-state index contributed by atoms with van der Waals surface area (Å²) in [6, 6.07) is 18.9. The molecule has 0 bridgehead atoms. The van der Waals surface area contributed by atoms with Crippen molar-refractivity contribution in [2.24, 2.45) is 0 Å². The van der Waals surface area contributed by atoms with Crippen molar-refractivity contribution in [1.82, 2.24) is 15.1 Å². The average Bonchev–Trinajstić information content (AvgIpc) is 2.75. The SMILES string of the molecule is COc1ccc(CN2CCN(CC(=O)N[C@H](C)CCc3ccccc3)CC2)cc1. The third-order valence-electron chi connectivity index (χ3n) is 5.51. The first-order valence-electron chi connectivity index (χ1n) is 10.5. The molecule has 1 N–H and O–H groups in total. The highest BCUT2D eigenvalue weighted by molar-refractivity contribution is 5.78. The van der Waals surface area contributed by atoms with E-state index in [0.717, 1.165) is 51.3 Å². The van der Waals surface area contributed by atoms with Gasteiger partial charge in [-0.3, -0.25) is 14.6 Å². The molecule has 2 aromatic rings. The van der Waals surface area contributed by atoms with E-state index in [1.165, 1.54) is 11.1 Å². The first-order valence-corrected chi connectivity index (χ1v) is 10.5. The molecule has 0 radical (unpaired) electrons. The lowest BCUT2D eigenvalue weighted by molar-refractivity contribution is -0.123. The number of ether oxygens (including phenoxy) is 1. The van der Waals surface area contributed by atoms with Gasteiger partial charge in [-0.05, 0) is 43.0 Å². The minimum atomic E-state index is 0.133. The van der Waals surface area contributed by atoms with Crippen molar-refractivity contribution in [1.29, 1.82) is 0 Å². The van der Waals surface area contributed by atoms with Gasteiger partial charge in [0.2, 0.25) is 5.91 Å². The lowest BCUT2D eigenvalue weighted by Crippen LogP contribution is -2.50. The van der Waals surface area contributed by atoms with Crippen LogP contribution in [0.3, 0.4) is 0 Å². The van der Waals surface area contributed by atoms with Crippen LogP contribution in [-0.2, 0) is 17.8 Å². The molecule has 0 saturated carbocycles. The molecule has 1 heterocycles. The van der Waals surface area contributed by atoms with Crippen LogP contribution in [0.5, 0.6) is 5.75 Å². The van der Waals surface area contributed by atoms with Gasteiger partial charge in [0, 0.05) is 38.8 Å². The van der Waals surface area contributed by atoms with Crippen molar-refractivity contribution in [3.8, 4) is 5.75 Å². The molecular weight excluding hydrogens is 362 g/mol. The minimum Gasteiger partial charge on any atom is -0.497 e.